The van der Waals surface area contributed by atoms with Gasteiger partial charge in [-0.1, -0.05) is 56.3 Å². The molecule has 0 atom stereocenters. The summed E-state index contributed by atoms with van der Waals surface area (Å²) in [7, 11) is 0. The third-order valence-corrected chi connectivity index (χ3v) is 3.77. The van der Waals surface area contributed by atoms with Crippen LogP contribution < -0.4 is 0 Å². The van der Waals surface area contributed by atoms with E-state index < -0.39 is 0 Å². The SMILES string of the molecule is CC(C)(C)c1ccc(O)c(-c2ccccc2-c2c[nH]nn2)c1. The van der Waals surface area contributed by atoms with Gasteiger partial charge in [0, 0.05) is 11.1 Å². The molecule has 3 rings (SSSR count). The van der Waals surface area contributed by atoms with Gasteiger partial charge >= 0.3 is 0 Å². The summed E-state index contributed by atoms with van der Waals surface area (Å²) in [4.78, 5) is 0. The van der Waals surface area contributed by atoms with E-state index in [2.05, 4.69) is 36.2 Å². The molecule has 0 radical (unpaired) electrons. The van der Waals surface area contributed by atoms with Crippen molar-refractivity contribution in [1.82, 2.24) is 15.4 Å². The number of aromatic hydroxyl groups is 1. The van der Waals surface area contributed by atoms with E-state index in [4.69, 9.17) is 0 Å². The molecule has 0 unspecified atom stereocenters. The molecule has 0 saturated carbocycles. The Balaban J connectivity index is 2.21. The van der Waals surface area contributed by atoms with Gasteiger partial charge in [0.05, 0.1) is 6.20 Å². The van der Waals surface area contributed by atoms with Gasteiger partial charge in [-0.25, -0.2) is 0 Å². The number of rotatable bonds is 2. The number of phenolic OH excluding ortho intramolecular Hbond substituents is 1. The molecule has 0 aliphatic carbocycles. The summed E-state index contributed by atoms with van der Waals surface area (Å²) in [5.41, 5.74) is 4.65. The van der Waals surface area contributed by atoms with E-state index in [1.807, 2.05) is 36.4 Å². The number of nitrogens with zero attached hydrogens (tertiary/aromatic N) is 2. The van der Waals surface area contributed by atoms with Crippen molar-refractivity contribution in [1.29, 1.82) is 0 Å². The van der Waals surface area contributed by atoms with Crippen molar-refractivity contribution in [2.75, 3.05) is 0 Å². The van der Waals surface area contributed by atoms with Crippen LogP contribution in [-0.4, -0.2) is 20.5 Å². The maximum absolute atomic E-state index is 10.3. The summed E-state index contributed by atoms with van der Waals surface area (Å²) in [6.45, 7) is 6.48. The summed E-state index contributed by atoms with van der Waals surface area (Å²) in [6, 6.07) is 13.7. The van der Waals surface area contributed by atoms with Gasteiger partial charge in [0.1, 0.15) is 11.4 Å². The minimum Gasteiger partial charge on any atom is -0.507 e. The maximum atomic E-state index is 10.3. The summed E-state index contributed by atoms with van der Waals surface area (Å²) in [5, 5.41) is 20.9. The molecule has 3 aromatic rings. The monoisotopic (exact) mass is 293 g/mol. The minimum atomic E-state index is 0.0191. The molecule has 0 fully saturated rings. The van der Waals surface area contributed by atoms with Crippen molar-refractivity contribution in [2.24, 2.45) is 0 Å². The molecule has 0 saturated heterocycles. The van der Waals surface area contributed by atoms with Gasteiger partial charge in [0.2, 0.25) is 0 Å². The maximum Gasteiger partial charge on any atom is 0.123 e. The highest BCUT2D eigenvalue weighted by Crippen LogP contribution is 2.38. The lowest BCUT2D eigenvalue weighted by Crippen LogP contribution is -2.10. The highest BCUT2D eigenvalue weighted by Gasteiger charge is 2.18. The van der Waals surface area contributed by atoms with E-state index in [-0.39, 0.29) is 11.2 Å². The van der Waals surface area contributed by atoms with Crippen LogP contribution in [0.25, 0.3) is 22.4 Å². The molecule has 0 spiro atoms. The zero-order chi connectivity index (χ0) is 15.7. The molecule has 2 aromatic carbocycles. The van der Waals surface area contributed by atoms with Crippen LogP contribution in [0, 0.1) is 0 Å². The zero-order valence-corrected chi connectivity index (χ0v) is 13.0. The molecule has 4 heteroatoms. The van der Waals surface area contributed by atoms with E-state index in [0.717, 1.165) is 22.4 Å². The fraction of sp³-hybridized carbons (Fsp3) is 0.222. The molecule has 0 aliphatic rings. The van der Waals surface area contributed by atoms with Gasteiger partial charge in [-0.15, -0.1) is 5.10 Å². The standard InChI is InChI=1S/C18H19N3O/c1-18(2,3)12-8-9-17(22)15(10-12)13-6-4-5-7-14(13)16-11-19-21-20-16/h4-11,22H,1-3H3,(H,19,20,21). The first kappa shape index (κ1) is 14.3. The molecule has 0 aliphatic heterocycles. The second kappa shape index (κ2) is 5.30. The Kier molecular flexibility index (Phi) is 3.45. The first-order valence-electron chi connectivity index (χ1n) is 7.26. The molecule has 22 heavy (non-hydrogen) atoms. The van der Waals surface area contributed by atoms with Crippen LogP contribution in [0.1, 0.15) is 26.3 Å². The fourth-order valence-corrected chi connectivity index (χ4v) is 2.49. The lowest BCUT2D eigenvalue weighted by Gasteiger charge is -2.21. The van der Waals surface area contributed by atoms with E-state index >= 15 is 0 Å². The molecular weight excluding hydrogens is 274 g/mol. The topological polar surface area (TPSA) is 61.8 Å². The van der Waals surface area contributed by atoms with Gasteiger partial charge in [-0.05, 0) is 28.7 Å². The molecule has 112 valence electrons. The molecule has 1 aromatic heterocycles. The van der Waals surface area contributed by atoms with Crippen molar-refractivity contribution in [3.8, 4) is 28.1 Å². The highest BCUT2D eigenvalue weighted by atomic mass is 16.3. The van der Waals surface area contributed by atoms with Crippen LogP contribution in [-0.2, 0) is 5.41 Å². The number of benzene rings is 2. The number of nitrogens with one attached hydrogen (secondary N) is 1. The quantitative estimate of drug-likeness (QED) is 0.746. The lowest BCUT2D eigenvalue weighted by molar-refractivity contribution is 0.476. The van der Waals surface area contributed by atoms with Gasteiger partial charge in [0.15, 0.2) is 0 Å². The van der Waals surface area contributed by atoms with E-state index in [9.17, 15) is 5.11 Å². The van der Waals surface area contributed by atoms with Crippen molar-refractivity contribution in [3.05, 3.63) is 54.2 Å². The third-order valence-electron chi connectivity index (χ3n) is 3.77. The van der Waals surface area contributed by atoms with E-state index in [1.165, 1.54) is 5.56 Å². The second-order valence-electron chi connectivity index (χ2n) is 6.39. The summed E-state index contributed by atoms with van der Waals surface area (Å²) >= 11 is 0. The highest BCUT2D eigenvalue weighted by molar-refractivity contribution is 5.84. The number of hydrogen-bond donors (Lipinski definition) is 2. The Labute approximate surface area is 129 Å². The molecular formula is C18H19N3O. The molecule has 4 nitrogen and oxygen atoms in total. The van der Waals surface area contributed by atoms with Crippen molar-refractivity contribution in [3.63, 3.8) is 0 Å². The van der Waals surface area contributed by atoms with Gasteiger partial charge in [0.25, 0.3) is 0 Å². The minimum absolute atomic E-state index is 0.0191. The molecule has 0 bridgehead atoms. The van der Waals surface area contributed by atoms with Crippen LogP contribution >= 0.6 is 0 Å². The van der Waals surface area contributed by atoms with Gasteiger partial charge < -0.3 is 5.11 Å². The average Bonchev–Trinajstić information content (AvgIpc) is 3.00. The predicted molar refractivity (Wildman–Crippen MR) is 87.6 cm³/mol. The summed E-state index contributed by atoms with van der Waals surface area (Å²) < 4.78 is 0. The number of phenols is 1. The van der Waals surface area contributed by atoms with Crippen molar-refractivity contribution in [2.45, 2.75) is 26.2 Å². The van der Waals surface area contributed by atoms with Crippen LogP contribution in [0.4, 0.5) is 0 Å². The summed E-state index contributed by atoms with van der Waals surface area (Å²) in [6.07, 6.45) is 1.75. The normalized spacial score (nSPS) is 11.6. The van der Waals surface area contributed by atoms with Gasteiger partial charge in [-0.2, -0.15) is 0 Å². The zero-order valence-electron chi connectivity index (χ0n) is 13.0. The van der Waals surface area contributed by atoms with Crippen molar-refractivity contribution >= 4 is 0 Å². The van der Waals surface area contributed by atoms with Crippen molar-refractivity contribution < 1.29 is 5.11 Å². The van der Waals surface area contributed by atoms with Crippen LogP contribution in [0.2, 0.25) is 0 Å². The number of aromatic amines is 1. The summed E-state index contributed by atoms with van der Waals surface area (Å²) in [5.74, 6) is 0.268. The Morgan fingerprint density at radius 3 is 2.32 bits per heavy atom. The van der Waals surface area contributed by atoms with Crippen LogP contribution in [0.5, 0.6) is 5.75 Å². The number of hydrogen-bond acceptors (Lipinski definition) is 3. The molecule has 1 heterocycles. The average molecular weight is 293 g/mol. The Bertz CT molecular complexity index is 786. The molecule has 2 N–H and O–H groups in total. The van der Waals surface area contributed by atoms with E-state index in [1.54, 1.807) is 12.3 Å². The largest absolute Gasteiger partial charge is 0.507 e. The van der Waals surface area contributed by atoms with Crippen LogP contribution in [0.15, 0.2) is 48.7 Å². The van der Waals surface area contributed by atoms with E-state index in [0.29, 0.717) is 0 Å². The Morgan fingerprint density at radius 2 is 1.68 bits per heavy atom. The first-order chi connectivity index (χ1) is 10.5. The Hall–Kier alpha value is -2.62. The smallest absolute Gasteiger partial charge is 0.123 e. The number of aromatic nitrogens is 3. The Morgan fingerprint density at radius 1 is 0.955 bits per heavy atom. The lowest BCUT2D eigenvalue weighted by atomic mass is 9.84. The van der Waals surface area contributed by atoms with Gasteiger partial charge in [-0.3, -0.25) is 5.10 Å². The third kappa shape index (κ3) is 2.60. The number of H-pyrrole nitrogens is 1. The second-order valence-corrected chi connectivity index (χ2v) is 6.39. The predicted octanol–water partition coefficient (Wildman–Crippen LogP) is 4.14. The van der Waals surface area contributed by atoms with Crippen LogP contribution in [0.3, 0.4) is 0 Å². The molecule has 0 amide bonds. The fourth-order valence-electron chi connectivity index (χ4n) is 2.49. The first-order valence-corrected chi connectivity index (χ1v) is 7.26.